The molecule has 0 radical (unpaired) electrons. The lowest BCUT2D eigenvalue weighted by atomic mass is 10.1. The van der Waals surface area contributed by atoms with E-state index in [2.05, 4.69) is 25.7 Å². The molecule has 8 heteroatoms. The van der Waals surface area contributed by atoms with Gasteiger partial charge in [0.05, 0.1) is 22.8 Å². The van der Waals surface area contributed by atoms with Crippen LogP contribution in [0.1, 0.15) is 19.8 Å². The summed E-state index contributed by atoms with van der Waals surface area (Å²) in [5.41, 5.74) is 3.49. The van der Waals surface area contributed by atoms with E-state index in [-0.39, 0.29) is 12.1 Å². The number of rotatable bonds is 7. The van der Waals surface area contributed by atoms with Gasteiger partial charge in [-0.2, -0.15) is 5.10 Å². The van der Waals surface area contributed by atoms with Crippen LogP contribution in [0.2, 0.25) is 0 Å². The first kappa shape index (κ1) is 18.4. The minimum atomic E-state index is -0.295. The van der Waals surface area contributed by atoms with Gasteiger partial charge < -0.3 is 10.1 Å². The molecule has 0 aliphatic heterocycles. The molecule has 2 heterocycles. The summed E-state index contributed by atoms with van der Waals surface area (Å²) < 4.78 is 7.44. The Morgan fingerprint density at radius 1 is 1.25 bits per heavy atom. The molecule has 1 atom stereocenters. The van der Waals surface area contributed by atoms with E-state index in [0.29, 0.717) is 18.3 Å². The number of nitrogens with zero attached hydrogens (tertiary/aromatic N) is 4. The molecule has 2 aromatic heterocycles. The highest BCUT2D eigenvalue weighted by molar-refractivity contribution is 5.89. The number of carbonyl (C=O) groups is 1. The first-order valence-electron chi connectivity index (χ1n) is 9.50. The fourth-order valence-electron chi connectivity index (χ4n) is 2.96. The molecule has 4 rings (SSSR count). The van der Waals surface area contributed by atoms with Gasteiger partial charge in [0.15, 0.2) is 5.82 Å². The zero-order chi connectivity index (χ0) is 19.5. The van der Waals surface area contributed by atoms with Gasteiger partial charge in [-0.25, -0.2) is 4.79 Å². The largest absolute Gasteiger partial charge is 0.376 e. The molecule has 2 amide bonds. The number of hydrogen-bond donors (Lipinski definition) is 2. The summed E-state index contributed by atoms with van der Waals surface area (Å²) in [6.45, 7) is 3.20. The van der Waals surface area contributed by atoms with Gasteiger partial charge in [0.2, 0.25) is 0 Å². The van der Waals surface area contributed by atoms with E-state index in [1.165, 1.54) is 12.8 Å². The number of carbonyl (C=O) groups excluding carboxylic acids is 1. The van der Waals surface area contributed by atoms with E-state index in [9.17, 15) is 4.79 Å². The molecule has 1 aliphatic carbocycles. The fraction of sp³-hybridized carbons (Fsp3) is 0.400. The normalized spacial score (nSPS) is 14.8. The van der Waals surface area contributed by atoms with Crippen LogP contribution in [0.3, 0.4) is 0 Å². The van der Waals surface area contributed by atoms with Crippen molar-refractivity contribution < 1.29 is 9.53 Å². The lowest BCUT2D eigenvalue weighted by Gasteiger charge is -2.13. The Bertz CT molecular complexity index is 982. The first-order chi connectivity index (χ1) is 13.6. The standard InChI is InChI=1S/C20H24N6O2/c1-13(28-12-14-3-4-14)11-23-20(27)24-19-10-18(26(2)25-19)15-5-6-16-17(9-15)22-8-7-21-16/h5-10,13-14H,3-4,11-12H2,1-2H3,(H2,23,24,25,27)/t13-/m0/s1. The molecule has 0 spiro atoms. The summed E-state index contributed by atoms with van der Waals surface area (Å²) in [7, 11) is 1.84. The second-order valence-electron chi connectivity index (χ2n) is 7.22. The summed E-state index contributed by atoms with van der Waals surface area (Å²) in [5, 5.41) is 9.98. The van der Waals surface area contributed by atoms with Crippen molar-refractivity contribution in [1.82, 2.24) is 25.1 Å². The van der Waals surface area contributed by atoms with Crippen molar-refractivity contribution in [3.63, 3.8) is 0 Å². The van der Waals surface area contributed by atoms with E-state index < -0.39 is 0 Å². The van der Waals surface area contributed by atoms with Gasteiger partial charge in [-0.15, -0.1) is 0 Å². The maximum Gasteiger partial charge on any atom is 0.320 e. The van der Waals surface area contributed by atoms with Crippen LogP contribution >= 0.6 is 0 Å². The minimum Gasteiger partial charge on any atom is -0.376 e. The van der Waals surface area contributed by atoms with Crippen LogP contribution in [0.15, 0.2) is 36.7 Å². The number of aromatic nitrogens is 4. The third kappa shape index (κ3) is 4.45. The molecule has 1 aliphatic rings. The second kappa shape index (κ2) is 7.93. The van der Waals surface area contributed by atoms with Gasteiger partial charge in [-0.05, 0) is 37.8 Å². The Hall–Kier alpha value is -3.00. The zero-order valence-electron chi connectivity index (χ0n) is 16.1. The van der Waals surface area contributed by atoms with Crippen LogP contribution < -0.4 is 10.6 Å². The molecule has 0 unspecified atom stereocenters. The number of hydrogen-bond acceptors (Lipinski definition) is 5. The summed E-state index contributed by atoms with van der Waals surface area (Å²) in [5.74, 6) is 1.20. The number of fused-ring (bicyclic) bond motifs is 1. The molecule has 0 bridgehead atoms. The van der Waals surface area contributed by atoms with Crippen molar-refractivity contribution >= 4 is 22.9 Å². The number of nitrogens with one attached hydrogen (secondary N) is 2. The molecule has 2 N–H and O–H groups in total. The average molecular weight is 380 g/mol. The highest BCUT2D eigenvalue weighted by Gasteiger charge is 2.22. The van der Waals surface area contributed by atoms with Gasteiger partial charge in [0.1, 0.15) is 0 Å². The predicted molar refractivity (Wildman–Crippen MR) is 107 cm³/mol. The summed E-state index contributed by atoms with van der Waals surface area (Å²) >= 11 is 0. The van der Waals surface area contributed by atoms with Gasteiger partial charge in [0, 0.05) is 44.2 Å². The lowest BCUT2D eigenvalue weighted by molar-refractivity contribution is 0.0601. The molecule has 0 saturated heterocycles. The smallest absolute Gasteiger partial charge is 0.320 e. The predicted octanol–water partition coefficient (Wildman–Crippen LogP) is 2.97. The Morgan fingerprint density at radius 3 is 2.82 bits per heavy atom. The Morgan fingerprint density at radius 2 is 2.04 bits per heavy atom. The quantitative estimate of drug-likeness (QED) is 0.657. The summed E-state index contributed by atoms with van der Waals surface area (Å²) in [6.07, 6.45) is 5.84. The third-order valence-electron chi connectivity index (χ3n) is 4.75. The van der Waals surface area contributed by atoms with Crippen LogP contribution in [0.5, 0.6) is 0 Å². The SMILES string of the molecule is C[C@@H](CNC(=O)Nc1cc(-c2ccc3nccnc3c2)n(C)n1)OCC1CC1. The third-order valence-corrected chi connectivity index (χ3v) is 4.75. The summed E-state index contributed by atoms with van der Waals surface area (Å²) in [6, 6.07) is 7.40. The highest BCUT2D eigenvalue weighted by Crippen LogP contribution is 2.29. The molecule has 1 saturated carbocycles. The van der Waals surface area contributed by atoms with Crippen LogP contribution in [0, 0.1) is 5.92 Å². The van der Waals surface area contributed by atoms with Gasteiger partial charge in [0.25, 0.3) is 0 Å². The van der Waals surface area contributed by atoms with Gasteiger partial charge in [-0.1, -0.05) is 6.07 Å². The maximum absolute atomic E-state index is 12.2. The molecule has 1 fully saturated rings. The number of benzene rings is 1. The number of urea groups is 1. The van der Waals surface area contributed by atoms with E-state index in [4.69, 9.17) is 4.74 Å². The van der Waals surface area contributed by atoms with E-state index in [0.717, 1.165) is 28.9 Å². The molecular weight excluding hydrogens is 356 g/mol. The van der Waals surface area contributed by atoms with Crippen LogP contribution in [-0.4, -0.2) is 45.0 Å². The van der Waals surface area contributed by atoms with Crippen molar-refractivity contribution in [3.05, 3.63) is 36.7 Å². The molecule has 1 aromatic carbocycles. The topological polar surface area (TPSA) is 94.0 Å². The van der Waals surface area contributed by atoms with Crippen LogP contribution in [0.4, 0.5) is 10.6 Å². The van der Waals surface area contributed by atoms with E-state index >= 15 is 0 Å². The lowest BCUT2D eigenvalue weighted by Crippen LogP contribution is -2.35. The zero-order valence-corrected chi connectivity index (χ0v) is 16.1. The maximum atomic E-state index is 12.2. The molecule has 8 nitrogen and oxygen atoms in total. The van der Waals surface area contributed by atoms with E-state index in [1.54, 1.807) is 17.1 Å². The van der Waals surface area contributed by atoms with Crippen LogP contribution in [0.25, 0.3) is 22.3 Å². The Labute approximate surface area is 163 Å². The molecule has 28 heavy (non-hydrogen) atoms. The first-order valence-corrected chi connectivity index (χ1v) is 9.50. The number of anilines is 1. The monoisotopic (exact) mass is 380 g/mol. The Balaban J connectivity index is 1.37. The fourth-order valence-corrected chi connectivity index (χ4v) is 2.96. The van der Waals surface area contributed by atoms with Crippen molar-refractivity contribution in [1.29, 1.82) is 0 Å². The molecule has 3 aromatic rings. The minimum absolute atomic E-state index is 0.00986. The second-order valence-corrected chi connectivity index (χ2v) is 7.22. The van der Waals surface area contributed by atoms with E-state index in [1.807, 2.05) is 38.2 Å². The van der Waals surface area contributed by atoms with Gasteiger partial charge >= 0.3 is 6.03 Å². The summed E-state index contributed by atoms with van der Waals surface area (Å²) in [4.78, 5) is 20.8. The number of amides is 2. The van der Waals surface area contributed by atoms with Crippen LogP contribution in [-0.2, 0) is 11.8 Å². The number of ether oxygens (including phenoxy) is 1. The van der Waals surface area contributed by atoms with Gasteiger partial charge in [-0.3, -0.25) is 20.0 Å². The van der Waals surface area contributed by atoms with Crippen molar-refractivity contribution in [3.8, 4) is 11.3 Å². The number of aryl methyl sites for hydroxylation is 1. The van der Waals surface area contributed by atoms with Crippen molar-refractivity contribution in [2.24, 2.45) is 13.0 Å². The van der Waals surface area contributed by atoms with Crippen molar-refractivity contribution in [2.45, 2.75) is 25.9 Å². The Kier molecular flexibility index (Phi) is 5.21. The average Bonchev–Trinajstić information content (AvgIpc) is 3.46. The molecular formula is C20H24N6O2. The van der Waals surface area contributed by atoms with Crippen molar-refractivity contribution in [2.75, 3.05) is 18.5 Å². The highest BCUT2D eigenvalue weighted by atomic mass is 16.5. The molecule has 146 valence electrons.